The lowest BCUT2D eigenvalue weighted by Gasteiger charge is -2.26. The molecule has 0 saturated carbocycles. The molecule has 0 radical (unpaired) electrons. The molecule has 1 amide bonds. The Bertz CT molecular complexity index is 280. The van der Waals surface area contributed by atoms with Gasteiger partial charge >= 0.3 is 5.97 Å². The standard InChI is InChI=1S/C11H22N2O3.ClH/c1-7(2)9(13-8(14)6-12)10(15)16-11(3,4)5;/h7,9H,6,12H2,1-5H3,(H,13,14);1H/t9-;/m0./s1/i/hD. The Morgan fingerprint density at radius 2 is 1.94 bits per heavy atom. The van der Waals surface area contributed by atoms with Crippen molar-refractivity contribution in [3.8, 4) is 0 Å². The summed E-state index contributed by atoms with van der Waals surface area (Å²) in [5, 5.41) is 2.54. The van der Waals surface area contributed by atoms with Crippen molar-refractivity contribution >= 4 is 24.3 Å². The molecule has 0 aromatic heterocycles. The van der Waals surface area contributed by atoms with Gasteiger partial charge in [0.05, 0.1) is 6.54 Å². The van der Waals surface area contributed by atoms with Gasteiger partial charge in [0.2, 0.25) is 5.91 Å². The van der Waals surface area contributed by atoms with Gasteiger partial charge in [-0.25, -0.2) is 4.79 Å². The van der Waals surface area contributed by atoms with Crippen molar-refractivity contribution < 1.29 is 15.7 Å². The Balaban J connectivity index is 0. The van der Waals surface area contributed by atoms with Gasteiger partial charge in [0, 0.05) is 0 Å². The maximum atomic E-state index is 11.8. The Morgan fingerprint density at radius 3 is 2.29 bits per heavy atom. The predicted molar refractivity (Wildman–Crippen MR) is 68.9 cm³/mol. The molecule has 3 N–H and O–H groups in total. The van der Waals surface area contributed by atoms with Gasteiger partial charge in [0.1, 0.15) is 13.1 Å². The van der Waals surface area contributed by atoms with Crippen LogP contribution in [0.3, 0.4) is 0 Å². The second-order valence-corrected chi connectivity index (χ2v) is 5.00. The van der Waals surface area contributed by atoms with Crippen molar-refractivity contribution in [3.63, 3.8) is 0 Å². The van der Waals surface area contributed by atoms with E-state index in [4.69, 9.17) is 6.15 Å². The van der Waals surface area contributed by atoms with Crippen molar-refractivity contribution in [1.82, 2.24) is 5.32 Å². The third-order valence-corrected chi connectivity index (χ3v) is 1.80. The van der Waals surface area contributed by atoms with Gasteiger partial charge < -0.3 is 15.8 Å². The van der Waals surface area contributed by atoms with Crippen LogP contribution in [0.2, 0.25) is 1.41 Å². The molecule has 0 heterocycles. The maximum Gasteiger partial charge on any atom is 0.329 e. The lowest BCUT2D eigenvalue weighted by molar-refractivity contribution is -0.159. The first-order chi connectivity index (χ1) is 7.67. The van der Waals surface area contributed by atoms with E-state index in [1.54, 1.807) is 20.8 Å². The monoisotopic (exact) mass is 267 g/mol. The molecule has 5 nitrogen and oxygen atoms in total. The van der Waals surface area contributed by atoms with Crippen LogP contribution in [0.25, 0.3) is 0 Å². The highest BCUT2D eigenvalue weighted by molar-refractivity contribution is 5.86. The second-order valence-electron chi connectivity index (χ2n) is 5.00. The summed E-state index contributed by atoms with van der Waals surface area (Å²) in [4.78, 5) is 23.2. The molecule has 0 aromatic carbocycles. The summed E-state index contributed by atoms with van der Waals surface area (Å²) in [7, 11) is 0. The van der Waals surface area contributed by atoms with Gasteiger partial charge in [0.25, 0.3) is 0 Å². The van der Waals surface area contributed by atoms with E-state index in [9.17, 15) is 9.59 Å². The van der Waals surface area contributed by atoms with Gasteiger partial charge in [-0.2, -0.15) is 0 Å². The number of nitrogens with two attached hydrogens (primary N) is 1. The quantitative estimate of drug-likeness (QED) is 0.724. The predicted octanol–water partition coefficient (Wildman–Crippen LogP) is 0.849. The van der Waals surface area contributed by atoms with E-state index in [-0.39, 0.29) is 24.9 Å². The largest absolute Gasteiger partial charge is 0.458 e. The summed E-state index contributed by atoms with van der Waals surface area (Å²) >= 11 is 0. The van der Waals surface area contributed by atoms with Crippen molar-refractivity contribution in [2.45, 2.75) is 46.3 Å². The number of amides is 1. The molecule has 0 aliphatic carbocycles. The van der Waals surface area contributed by atoms with Crippen LogP contribution in [0.1, 0.15) is 34.6 Å². The number of rotatable bonds is 5. The van der Waals surface area contributed by atoms with E-state index in [0.29, 0.717) is 0 Å². The molecular formula is C11H23ClN2O3. The smallest absolute Gasteiger partial charge is 0.329 e. The van der Waals surface area contributed by atoms with Crippen molar-refractivity contribution in [3.05, 3.63) is 0 Å². The lowest BCUT2D eigenvalue weighted by Crippen LogP contribution is -2.48. The zero-order chi connectivity index (χ0) is 13.6. The number of nitrogens with one attached hydrogen (secondary N) is 1. The fourth-order valence-electron chi connectivity index (χ4n) is 1.09. The minimum Gasteiger partial charge on any atom is -0.458 e. The molecule has 0 fully saturated rings. The van der Waals surface area contributed by atoms with Gasteiger partial charge in [0.15, 0.2) is 0 Å². The van der Waals surface area contributed by atoms with Crippen LogP contribution >= 0.6 is 12.4 Å². The number of carbonyl (C=O) groups excluding carboxylic acids is 2. The minimum absolute atomic E-state index is 0. The molecule has 0 aromatic rings. The molecule has 0 rings (SSSR count). The number of ether oxygens (including phenoxy) is 1. The van der Waals surface area contributed by atoms with E-state index in [0.717, 1.165) is 0 Å². The topological polar surface area (TPSA) is 81.4 Å². The van der Waals surface area contributed by atoms with E-state index in [2.05, 4.69) is 5.32 Å². The zero-order valence-corrected chi connectivity index (χ0v) is 11.8. The fraction of sp³-hybridized carbons (Fsp3) is 0.818. The molecule has 0 bridgehead atoms. The summed E-state index contributed by atoms with van der Waals surface area (Å²) in [5.41, 5.74) is 1.40. The van der Waals surface area contributed by atoms with Crippen LogP contribution in [-0.4, -0.2) is 30.1 Å². The highest BCUT2D eigenvalue weighted by Crippen LogP contribution is 2.12. The molecule has 0 saturated heterocycles. The third-order valence-electron chi connectivity index (χ3n) is 1.80. The zero-order valence-electron chi connectivity index (χ0n) is 12.0. The lowest BCUT2D eigenvalue weighted by atomic mass is 10.0. The maximum absolute atomic E-state index is 11.8. The first-order valence-corrected chi connectivity index (χ1v) is 5.34. The SMILES string of the molecule is Cl.[2H]NCC(=O)N[C@H](C(=O)OC(C)(C)C)C(C)C. The molecule has 6 heteroatoms. The van der Waals surface area contributed by atoms with Crippen LogP contribution in [0.4, 0.5) is 0 Å². The van der Waals surface area contributed by atoms with E-state index < -0.39 is 23.5 Å². The van der Waals surface area contributed by atoms with Crippen molar-refractivity contribution in [2.24, 2.45) is 11.6 Å². The molecule has 0 aliphatic rings. The first-order valence-electron chi connectivity index (χ1n) is 5.84. The van der Waals surface area contributed by atoms with Crippen molar-refractivity contribution in [2.75, 3.05) is 6.54 Å². The summed E-state index contributed by atoms with van der Waals surface area (Å²) in [5.74, 6) is -0.921. The number of esters is 1. The fourth-order valence-corrected chi connectivity index (χ4v) is 1.09. The van der Waals surface area contributed by atoms with Gasteiger partial charge in [-0.3, -0.25) is 4.79 Å². The molecule has 0 aliphatic heterocycles. The van der Waals surface area contributed by atoms with E-state index in [1.165, 1.54) is 0 Å². The average Bonchev–Trinajstić information content (AvgIpc) is 2.11. The van der Waals surface area contributed by atoms with Crippen LogP contribution in [0.5, 0.6) is 0 Å². The summed E-state index contributed by atoms with van der Waals surface area (Å²) in [6.07, 6.45) is 0. The summed E-state index contributed by atoms with van der Waals surface area (Å²) in [6.45, 7) is 8.82. The molecular weight excluding hydrogens is 244 g/mol. The van der Waals surface area contributed by atoms with Crippen LogP contribution in [-0.2, 0) is 14.3 Å². The van der Waals surface area contributed by atoms with E-state index in [1.807, 2.05) is 19.6 Å². The number of hydrogen-bond acceptors (Lipinski definition) is 4. The van der Waals surface area contributed by atoms with Gasteiger partial charge in [-0.1, -0.05) is 13.8 Å². The average molecular weight is 268 g/mol. The normalized spacial score (nSPS) is 13.4. The molecule has 0 spiro atoms. The van der Waals surface area contributed by atoms with Crippen LogP contribution < -0.4 is 11.0 Å². The van der Waals surface area contributed by atoms with Gasteiger partial charge in [-0.15, -0.1) is 12.4 Å². The Hall–Kier alpha value is -0.810. The Labute approximate surface area is 110 Å². The van der Waals surface area contributed by atoms with Gasteiger partial charge in [-0.05, 0) is 26.7 Å². The molecule has 0 unspecified atom stereocenters. The Kier molecular flexibility index (Phi) is 7.15. The highest BCUT2D eigenvalue weighted by Gasteiger charge is 2.28. The third kappa shape index (κ3) is 7.99. The first kappa shape index (κ1) is 16.2. The number of carbonyl (C=O) groups is 2. The Morgan fingerprint density at radius 1 is 1.41 bits per heavy atom. The summed E-state index contributed by atoms with van der Waals surface area (Å²) < 4.78 is 11.9. The second kappa shape index (κ2) is 7.50. The molecule has 102 valence electrons. The molecule has 1 atom stereocenters. The van der Waals surface area contributed by atoms with Crippen LogP contribution in [0.15, 0.2) is 0 Å². The number of halogens is 1. The van der Waals surface area contributed by atoms with E-state index >= 15 is 0 Å². The number of hydrogen-bond donors (Lipinski definition) is 2. The van der Waals surface area contributed by atoms with Crippen molar-refractivity contribution in [1.29, 1.82) is 0 Å². The molecule has 17 heavy (non-hydrogen) atoms. The summed E-state index contributed by atoms with van der Waals surface area (Å²) in [6, 6.07) is -0.685. The minimum atomic E-state index is -0.685. The highest BCUT2D eigenvalue weighted by atomic mass is 35.5. The van der Waals surface area contributed by atoms with Crippen LogP contribution in [0, 0.1) is 5.92 Å².